The maximum atomic E-state index is 11.2. The Morgan fingerprint density at radius 1 is 1.04 bits per heavy atom. The molecule has 0 heterocycles. The molecule has 6 heteroatoms. The number of benzene rings is 2. The molecule has 0 saturated carbocycles. The lowest BCUT2D eigenvalue weighted by Gasteiger charge is -2.10. The smallest absolute Gasteiger partial charge is 0.294 e. The molecule has 2 aromatic rings. The van der Waals surface area contributed by atoms with Crippen LogP contribution in [0.5, 0.6) is 17.2 Å². The summed E-state index contributed by atoms with van der Waals surface area (Å²) >= 11 is 0. The van der Waals surface area contributed by atoms with E-state index in [1.165, 1.54) is 25.3 Å². The van der Waals surface area contributed by atoms with Crippen LogP contribution in [0.3, 0.4) is 0 Å². The first-order valence-electron chi connectivity index (χ1n) is 7.97. The van der Waals surface area contributed by atoms with Gasteiger partial charge in [0.05, 0.1) is 4.90 Å². The van der Waals surface area contributed by atoms with Crippen LogP contribution in [0.25, 0.3) is 0 Å². The van der Waals surface area contributed by atoms with Gasteiger partial charge in [-0.3, -0.25) is 4.55 Å². The van der Waals surface area contributed by atoms with Gasteiger partial charge in [-0.15, -0.1) is 0 Å². The minimum atomic E-state index is -4.35. The normalized spacial score (nSPS) is 11.4. The van der Waals surface area contributed by atoms with Crippen LogP contribution < -0.4 is 4.74 Å². The van der Waals surface area contributed by atoms with Crippen molar-refractivity contribution in [3.63, 3.8) is 0 Å². The summed E-state index contributed by atoms with van der Waals surface area (Å²) in [7, 11) is -4.35. The summed E-state index contributed by atoms with van der Waals surface area (Å²) in [6.45, 7) is 2.17. The second kappa shape index (κ2) is 8.17. The molecular formula is C18H22O5S. The van der Waals surface area contributed by atoms with Gasteiger partial charge < -0.3 is 9.84 Å². The van der Waals surface area contributed by atoms with Gasteiger partial charge in [0.1, 0.15) is 5.75 Å². The zero-order valence-electron chi connectivity index (χ0n) is 13.6. The fourth-order valence-electron chi connectivity index (χ4n) is 2.38. The van der Waals surface area contributed by atoms with Crippen LogP contribution in [0.4, 0.5) is 0 Å². The first kappa shape index (κ1) is 18.3. The number of unbranched alkanes of at least 4 members (excludes halogenated alkanes) is 3. The maximum Gasteiger partial charge on any atom is 0.294 e. The van der Waals surface area contributed by atoms with Crippen LogP contribution in [0.15, 0.2) is 47.4 Å². The van der Waals surface area contributed by atoms with Gasteiger partial charge in [0, 0.05) is 6.07 Å². The summed E-state index contributed by atoms with van der Waals surface area (Å²) in [4.78, 5) is -0.328. The SMILES string of the molecule is CCCCCCc1cccc(Oc2cc(S(=O)(=O)O)ccc2O)c1. The molecule has 0 aromatic heterocycles. The summed E-state index contributed by atoms with van der Waals surface area (Å²) in [6.07, 6.45) is 5.62. The molecule has 5 nitrogen and oxygen atoms in total. The molecule has 0 saturated heterocycles. The minimum Gasteiger partial charge on any atom is -0.504 e. The van der Waals surface area contributed by atoms with Crippen LogP contribution in [-0.4, -0.2) is 18.1 Å². The van der Waals surface area contributed by atoms with E-state index in [0.29, 0.717) is 5.75 Å². The third-order valence-electron chi connectivity index (χ3n) is 3.67. The Morgan fingerprint density at radius 2 is 1.83 bits per heavy atom. The van der Waals surface area contributed by atoms with E-state index < -0.39 is 10.1 Å². The highest BCUT2D eigenvalue weighted by Crippen LogP contribution is 2.33. The first-order valence-corrected chi connectivity index (χ1v) is 9.41. The van der Waals surface area contributed by atoms with Crippen molar-refractivity contribution < 1.29 is 22.8 Å². The lowest BCUT2D eigenvalue weighted by molar-refractivity contribution is 0.409. The molecule has 130 valence electrons. The number of phenols is 1. The summed E-state index contributed by atoms with van der Waals surface area (Å²) in [5, 5.41) is 9.83. The van der Waals surface area contributed by atoms with Gasteiger partial charge in [-0.1, -0.05) is 38.3 Å². The molecule has 2 rings (SSSR count). The molecule has 0 fully saturated rings. The van der Waals surface area contributed by atoms with Crippen molar-refractivity contribution in [3.8, 4) is 17.2 Å². The van der Waals surface area contributed by atoms with Crippen molar-refractivity contribution in [2.75, 3.05) is 0 Å². The molecule has 0 aliphatic rings. The third-order valence-corrected chi connectivity index (χ3v) is 4.52. The highest BCUT2D eigenvalue weighted by molar-refractivity contribution is 7.85. The molecule has 24 heavy (non-hydrogen) atoms. The van der Waals surface area contributed by atoms with Gasteiger partial charge in [0.15, 0.2) is 11.5 Å². The Bertz CT molecular complexity index is 784. The second-order valence-electron chi connectivity index (χ2n) is 5.66. The van der Waals surface area contributed by atoms with Gasteiger partial charge in [-0.2, -0.15) is 8.42 Å². The fourth-order valence-corrected chi connectivity index (χ4v) is 2.88. The zero-order valence-corrected chi connectivity index (χ0v) is 14.4. The predicted octanol–water partition coefficient (Wildman–Crippen LogP) is 4.55. The van der Waals surface area contributed by atoms with Gasteiger partial charge >= 0.3 is 0 Å². The van der Waals surface area contributed by atoms with Crippen LogP contribution in [0.1, 0.15) is 38.2 Å². The summed E-state index contributed by atoms with van der Waals surface area (Å²) in [5.41, 5.74) is 1.12. The summed E-state index contributed by atoms with van der Waals surface area (Å²) in [6, 6.07) is 10.8. The van der Waals surface area contributed by atoms with E-state index in [1.54, 1.807) is 6.07 Å². The molecule has 0 atom stereocenters. The molecule has 0 aliphatic carbocycles. The summed E-state index contributed by atoms with van der Waals surface area (Å²) in [5.74, 6) is 0.287. The van der Waals surface area contributed by atoms with Crippen molar-refractivity contribution in [2.24, 2.45) is 0 Å². The van der Waals surface area contributed by atoms with Gasteiger partial charge in [-0.25, -0.2) is 0 Å². The molecule has 0 radical (unpaired) electrons. The van der Waals surface area contributed by atoms with E-state index in [4.69, 9.17) is 9.29 Å². The monoisotopic (exact) mass is 350 g/mol. The van der Waals surface area contributed by atoms with Crippen molar-refractivity contribution in [3.05, 3.63) is 48.0 Å². The van der Waals surface area contributed by atoms with Crippen LogP contribution in [0, 0.1) is 0 Å². The lowest BCUT2D eigenvalue weighted by Crippen LogP contribution is -1.98. The summed E-state index contributed by atoms with van der Waals surface area (Å²) < 4.78 is 37.1. The molecule has 2 aromatic carbocycles. The van der Waals surface area contributed by atoms with Gasteiger partial charge in [-0.05, 0) is 42.7 Å². The Balaban J connectivity index is 2.13. The van der Waals surface area contributed by atoms with Crippen molar-refractivity contribution >= 4 is 10.1 Å². The number of phenolic OH excluding ortho intramolecular Hbond substituents is 1. The van der Waals surface area contributed by atoms with E-state index in [1.807, 2.05) is 18.2 Å². The van der Waals surface area contributed by atoms with Crippen LogP contribution in [0.2, 0.25) is 0 Å². The van der Waals surface area contributed by atoms with Gasteiger partial charge in [0.2, 0.25) is 0 Å². The van der Waals surface area contributed by atoms with Gasteiger partial charge in [0.25, 0.3) is 10.1 Å². The Labute approximate surface area is 142 Å². The highest BCUT2D eigenvalue weighted by atomic mass is 32.2. The Kier molecular flexibility index (Phi) is 6.23. The largest absolute Gasteiger partial charge is 0.504 e. The van der Waals surface area contributed by atoms with E-state index in [-0.39, 0.29) is 16.4 Å². The van der Waals surface area contributed by atoms with E-state index >= 15 is 0 Å². The minimum absolute atomic E-state index is 0.0201. The molecule has 0 spiro atoms. The fraction of sp³-hybridized carbons (Fsp3) is 0.333. The van der Waals surface area contributed by atoms with E-state index in [9.17, 15) is 13.5 Å². The van der Waals surface area contributed by atoms with Crippen LogP contribution >= 0.6 is 0 Å². The molecule has 2 N–H and O–H groups in total. The van der Waals surface area contributed by atoms with E-state index in [2.05, 4.69) is 6.92 Å². The molecule has 0 amide bonds. The number of ether oxygens (including phenoxy) is 1. The second-order valence-corrected chi connectivity index (χ2v) is 7.09. The average molecular weight is 350 g/mol. The third kappa shape index (κ3) is 5.25. The van der Waals surface area contributed by atoms with E-state index in [0.717, 1.165) is 30.5 Å². The molecular weight excluding hydrogens is 328 g/mol. The van der Waals surface area contributed by atoms with Crippen molar-refractivity contribution in [2.45, 2.75) is 43.9 Å². The number of hydrogen-bond acceptors (Lipinski definition) is 4. The standard InChI is InChI=1S/C18H22O5S/c1-2-3-4-5-7-14-8-6-9-15(12-14)23-18-13-16(24(20,21)22)10-11-17(18)19/h6,8-13,19H,2-5,7H2,1H3,(H,20,21,22). The highest BCUT2D eigenvalue weighted by Gasteiger charge is 2.14. The molecule has 0 bridgehead atoms. The predicted molar refractivity (Wildman–Crippen MR) is 92.3 cm³/mol. The maximum absolute atomic E-state index is 11.2. The number of aromatic hydroxyl groups is 1. The quantitative estimate of drug-likeness (QED) is 0.539. The topological polar surface area (TPSA) is 83.8 Å². The Hall–Kier alpha value is -2.05. The van der Waals surface area contributed by atoms with Crippen LogP contribution in [-0.2, 0) is 16.5 Å². The zero-order chi connectivity index (χ0) is 17.6. The number of hydrogen-bond donors (Lipinski definition) is 2. The number of aryl methyl sites for hydroxylation is 1. The first-order chi connectivity index (χ1) is 11.4. The van der Waals surface area contributed by atoms with Crippen molar-refractivity contribution in [1.82, 2.24) is 0 Å². The Morgan fingerprint density at radius 3 is 2.54 bits per heavy atom. The number of rotatable bonds is 8. The molecule has 0 aliphatic heterocycles. The lowest BCUT2D eigenvalue weighted by atomic mass is 10.1. The van der Waals surface area contributed by atoms with Crippen molar-refractivity contribution in [1.29, 1.82) is 0 Å². The molecule has 0 unspecified atom stereocenters. The average Bonchev–Trinajstić information content (AvgIpc) is 2.53.